The van der Waals surface area contributed by atoms with E-state index < -0.39 is 0 Å². The van der Waals surface area contributed by atoms with E-state index in [1.807, 2.05) is 9.47 Å². The number of piperidine rings is 1. The number of carbonyl (C=O) groups excluding carboxylic acids is 1. The molecule has 3 aromatic rings. The van der Waals surface area contributed by atoms with Crippen LogP contribution in [0.25, 0.3) is 16.8 Å². The molecule has 1 aromatic heterocycles. The van der Waals surface area contributed by atoms with Crippen LogP contribution in [0.1, 0.15) is 41.4 Å². The molecule has 4 nitrogen and oxygen atoms in total. The van der Waals surface area contributed by atoms with Gasteiger partial charge in [0.1, 0.15) is 5.69 Å². The van der Waals surface area contributed by atoms with Crippen LogP contribution in [0.2, 0.25) is 0 Å². The maximum Gasteiger partial charge on any atom is 0.272 e. The number of carbonyl (C=O) groups is 1. The van der Waals surface area contributed by atoms with Gasteiger partial charge in [-0.25, -0.2) is 4.98 Å². The Morgan fingerprint density at radius 1 is 1.04 bits per heavy atom. The van der Waals surface area contributed by atoms with E-state index >= 15 is 0 Å². The van der Waals surface area contributed by atoms with Gasteiger partial charge in [0, 0.05) is 18.8 Å². The lowest BCUT2D eigenvalue weighted by molar-refractivity contribution is 0.0675. The molecule has 2 heterocycles. The smallest absolute Gasteiger partial charge is 0.272 e. The van der Waals surface area contributed by atoms with Gasteiger partial charge < -0.3 is 4.90 Å². The van der Waals surface area contributed by atoms with Crippen molar-refractivity contribution < 1.29 is 4.79 Å². The maximum absolute atomic E-state index is 13.0. The highest BCUT2D eigenvalue weighted by Gasteiger charge is 2.24. The standard InChI is InChI=1S/C24H27N3O/c1-17-5-4-10-26(15-17)24(28)23-14-25-16-27(23)22-8-6-20(7-9-22)21-12-18(2)11-19(3)13-21/h6-9,11-14,16-17H,4-5,10,15H2,1-3H3/t17-/m1/s1. The second kappa shape index (κ2) is 7.63. The lowest BCUT2D eigenvalue weighted by Gasteiger charge is -2.31. The quantitative estimate of drug-likeness (QED) is 0.646. The average molecular weight is 374 g/mol. The van der Waals surface area contributed by atoms with Crippen LogP contribution in [0.5, 0.6) is 0 Å². The summed E-state index contributed by atoms with van der Waals surface area (Å²) in [6, 6.07) is 14.9. The van der Waals surface area contributed by atoms with Crippen LogP contribution < -0.4 is 0 Å². The lowest BCUT2D eigenvalue weighted by atomic mass is 10.00. The third-order valence-corrected chi connectivity index (χ3v) is 5.50. The zero-order valence-electron chi connectivity index (χ0n) is 16.9. The van der Waals surface area contributed by atoms with Gasteiger partial charge in [0.15, 0.2) is 0 Å². The summed E-state index contributed by atoms with van der Waals surface area (Å²) >= 11 is 0. The Balaban J connectivity index is 1.60. The Morgan fingerprint density at radius 3 is 2.43 bits per heavy atom. The SMILES string of the molecule is Cc1cc(C)cc(-c2ccc(-n3cncc3C(=O)N3CCC[C@@H](C)C3)cc2)c1. The summed E-state index contributed by atoms with van der Waals surface area (Å²) in [5, 5.41) is 0. The fourth-order valence-corrected chi connectivity index (χ4v) is 4.15. The van der Waals surface area contributed by atoms with Crippen molar-refractivity contribution in [3.63, 3.8) is 0 Å². The van der Waals surface area contributed by atoms with Crippen LogP contribution in [0.3, 0.4) is 0 Å². The van der Waals surface area contributed by atoms with Crippen LogP contribution in [-0.4, -0.2) is 33.4 Å². The van der Waals surface area contributed by atoms with Crippen molar-refractivity contribution in [3.8, 4) is 16.8 Å². The maximum atomic E-state index is 13.0. The fraction of sp³-hybridized carbons (Fsp3) is 0.333. The fourth-order valence-electron chi connectivity index (χ4n) is 4.15. The minimum absolute atomic E-state index is 0.0717. The second-order valence-corrected chi connectivity index (χ2v) is 8.07. The first kappa shape index (κ1) is 18.5. The molecule has 1 fully saturated rings. The van der Waals surface area contributed by atoms with E-state index in [-0.39, 0.29) is 5.91 Å². The number of aryl methyl sites for hydroxylation is 2. The third-order valence-electron chi connectivity index (χ3n) is 5.50. The topological polar surface area (TPSA) is 38.1 Å². The Morgan fingerprint density at radius 2 is 1.75 bits per heavy atom. The lowest BCUT2D eigenvalue weighted by Crippen LogP contribution is -2.39. The molecule has 144 valence electrons. The monoisotopic (exact) mass is 373 g/mol. The van der Waals surface area contributed by atoms with Crippen LogP contribution in [0.15, 0.2) is 55.0 Å². The first-order valence-corrected chi connectivity index (χ1v) is 10.0. The van der Waals surface area contributed by atoms with Gasteiger partial charge in [0.25, 0.3) is 5.91 Å². The van der Waals surface area contributed by atoms with Crippen molar-refractivity contribution in [1.82, 2.24) is 14.5 Å². The molecule has 1 aliphatic rings. The van der Waals surface area contributed by atoms with E-state index in [9.17, 15) is 4.79 Å². The predicted molar refractivity (Wildman–Crippen MR) is 113 cm³/mol. The summed E-state index contributed by atoms with van der Waals surface area (Å²) in [7, 11) is 0. The molecule has 0 saturated carbocycles. The van der Waals surface area contributed by atoms with Crippen molar-refractivity contribution in [2.45, 2.75) is 33.6 Å². The molecule has 0 spiro atoms. The van der Waals surface area contributed by atoms with Gasteiger partial charge in [-0.3, -0.25) is 9.36 Å². The van der Waals surface area contributed by atoms with Gasteiger partial charge in [-0.2, -0.15) is 0 Å². The zero-order valence-corrected chi connectivity index (χ0v) is 16.9. The Hall–Kier alpha value is -2.88. The number of nitrogens with zero attached hydrogens (tertiary/aromatic N) is 3. The van der Waals surface area contributed by atoms with E-state index in [0.717, 1.165) is 25.2 Å². The molecule has 0 aliphatic carbocycles. The van der Waals surface area contributed by atoms with Crippen LogP contribution in [0, 0.1) is 19.8 Å². The molecule has 0 N–H and O–H groups in total. The summed E-state index contributed by atoms with van der Waals surface area (Å²) < 4.78 is 1.90. The highest BCUT2D eigenvalue weighted by atomic mass is 16.2. The Labute approximate surface area is 166 Å². The summed E-state index contributed by atoms with van der Waals surface area (Å²) in [5.74, 6) is 0.633. The molecule has 2 aromatic carbocycles. The molecule has 0 radical (unpaired) electrons. The van der Waals surface area contributed by atoms with E-state index in [4.69, 9.17) is 0 Å². The van der Waals surface area contributed by atoms with Crippen molar-refractivity contribution in [2.75, 3.05) is 13.1 Å². The first-order valence-electron chi connectivity index (χ1n) is 10.0. The summed E-state index contributed by atoms with van der Waals surface area (Å²) in [6.45, 7) is 8.11. The van der Waals surface area contributed by atoms with Crippen molar-refractivity contribution in [2.24, 2.45) is 5.92 Å². The van der Waals surface area contributed by atoms with Gasteiger partial charge in [-0.05, 0) is 55.9 Å². The molecule has 4 rings (SSSR count). The molecule has 1 aliphatic heterocycles. The molecule has 1 saturated heterocycles. The Bertz CT molecular complexity index is 967. The minimum atomic E-state index is 0.0717. The van der Waals surface area contributed by atoms with E-state index in [1.54, 1.807) is 12.5 Å². The van der Waals surface area contributed by atoms with Crippen LogP contribution >= 0.6 is 0 Å². The molecule has 0 bridgehead atoms. The van der Waals surface area contributed by atoms with Gasteiger partial charge >= 0.3 is 0 Å². The predicted octanol–water partition coefficient (Wildman–Crippen LogP) is 5.03. The number of hydrogen-bond acceptors (Lipinski definition) is 2. The normalized spacial score (nSPS) is 17.0. The molecule has 28 heavy (non-hydrogen) atoms. The van der Waals surface area contributed by atoms with E-state index in [1.165, 1.54) is 28.7 Å². The van der Waals surface area contributed by atoms with Crippen molar-refractivity contribution >= 4 is 5.91 Å². The summed E-state index contributed by atoms with van der Waals surface area (Å²) in [6.07, 6.45) is 5.68. The van der Waals surface area contributed by atoms with Gasteiger partial charge in [0.2, 0.25) is 0 Å². The number of rotatable bonds is 3. The molecule has 0 unspecified atom stereocenters. The molecule has 1 amide bonds. The average Bonchev–Trinajstić information content (AvgIpc) is 3.16. The molecular formula is C24H27N3O. The van der Waals surface area contributed by atoms with Gasteiger partial charge in [-0.1, -0.05) is 48.4 Å². The number of likely N-dealkylation sites (tertiary alicyclic amines) is 1. The van der Waals surface area contributed by atoms with Gasteiger partial charge in [-0.15, -0.1) is 0 Å². The summed E-state index contributed by atoms with van der Waals surface area (Å²) in [4.78, 5) is 19.2. The largest absolute Gasteiger partial charge is 0.337 e. The number of amides is 1. The number of hydrogen-bond donors (Lipinski definition) is 0. The highest BCUT2D eigenvalue weighted by molar-refractivity contribution is 5.93. The molecular weight excluding hydrogens is 346 g/mol. The van der Waals surface area contributed by atoms with Crippen LogP contribution in [0.4, 0.5) is 0 Å². The first-order chi connectivity index (χ1) is 13.5. The van der Waals surface area contributed by atoms with E-state index in [2.05, 4.69) is 68.2 Å². The van der Waals surface area contributed by atoms with Crippen LogP contribution in [-0.2, 0) is 0 Å². The number of imidazole rings is 1. The van der Waals surface area contributed by atoms with Crippen molar-refractivity contribution in [1.29, 1.82) is 0 Å². The number of aromatic nitrogens is 2. The summed E-state index contributed by atoms with van der Waals surface area (Å²) in [5.41, 5.74) is 6.50. The van der Waals surface area contributed by atoms with E-state index in [0.29, 0.717) is 11.6 Å². The third kappa shape index (κ3) is 3.72. The molecule has 4 heteroatoms. The minimum Gasteiger partial charge on any atom is -0.337 e. The van der Waals surface area contributed by atoms with Crippen molar-refractivity contribution in [3.05, 3.63) is 71.8 Å². The Kier molecular flexibility index (Phi) is 5.03. The zero-order chi connectivity index (χ0) is 19.7. The highest BCUT2D eigenvalue weighted by Crippen LogP contribution is 2.25. The molecule has 1 atom stereocenters. The number of benzene rings is 2. The second-order valence-electron chi connectivity index (χ2n) is 8.07. The van der Waals surface area contributed by atoms with Gasteiger partial charge in [0.05, 0.1) is 12.5 Å².